The van der Waals surface area contributed by atoms with Crippen molar-refractivity contribution in [1.82, 2.24) is 4.98 Å². The van der Waals surface area contributed by atoms with E-state index in [1.807, 2.05) is 13.0 Å². The normalized spacial score (nSPS) is 16.8. The lowest BCUT2D eigenvalue weighted by Crippen LogP contribution is -2.40. The maximum Gasteiger partial charge on any atom is 0.129 e. The number of anilines is 1. The molecule has 13 heavy (non-hydrogen) atoms. The Morgan fingerprint density at radius 3 is 2.92 bits per heavy atom. The standard InChI is InChI=1S/C9H11ClN2O/c1-6-2-9(10)11-3-8(6)12-7-4-13-5-7/h2-3,7,12H,4-5H2,1H3. The van der Waals surface area contributed by atoms with Gasteiger partial charge in [0.1, 0.15) is 5.15 Å². The van der Waals surface area contributed by atoms with E-state index in [0.29, 0.717) is 11.2 Å². The number of hydrogen-bond acceptors (Lipinski definition) is 3. The Labute approximate surface area is 82.1 Å². The van der Waals surface area contributed by atoms with Crippen LogP contribution < -0.4 is 5.32 Å². The van der Waals surface area contributed by atoms with Crippen LogP contribution in [-0.2, 0) is 4.74 Å². The lowest BCUT2D eigenvalue weighted by atomic mass is 10.2. The molecule has 0 atom stereocenters. The van der Waals surface area contributed by atoms with Gasteiger partial charge in [-0.25, -0.2) is 4.98 Å². The molecule has 0 amide bonds. The molecule has 0 aromatic carbocycles. The molecule has 1 aromatic heterocycles. The van der Waals surface area contributed by atoms with Crippen LogP contribution in [0.1, 0.15) is 5.56 Å². The molecule has 0 bridgehead atoms. The minimum atomic E-state index is 0.432. The second kappa shape index (κ2) is 3.52. The first kappa shape index (κ1) is 8.78. The molecule has 1 aromatic rings. The van der Waals surface area contributed by atoms with E-state index in [-0.39, 0.29) is 0 Å². The SMILES string of the molecule is Cc1cc(Cl)ncc1NC1COC1. The maximum absolute atomic E-state index is 5.74. The van der Waals surface area contributed by atoms with Gasteiger partial charge in [0.15, 0.2) is 0 Å². The number of pyridine rings is 1. The molecule has 2 heterocycles. The van der Waals surface area contributed by atoms with Gasteiger partial charge in [-0.1, -0.05) is 11.6 Å². The van der Waals surface area contributed by atoms with E-state index in [1.54, 1.807) is 6.20 Å². The van der Waals surface area contributed by atoms with Crippen molar-refractivity contribution in [3.05, 3.63) is 23.0 Å². The average Bonchev–Trinajstić information content (AvgIpc) is 1.99. The lowest BCUT2D eigenvalue weighted by molar-refractivity contribution is 0.0211. The second-order valence-electron chi connectivity index (χ2n) is 3.20. The molecule has 2 rings (SSSR count). The molecule has 0 unspecified atom stereocenters. The summed E-state index contributed by atoms with van der Waals surface area (Å²) < 4.78 is 5.06. The Bertz CT molecular complexity index is 312. The summed E-state index contributed by atoms with van der Waals surface area (Å²) in [6.45, 7) is 3.57. The van der Waals surface area contributed by atoms with E-state index in [1.165, 1.54) is 0 Å². The van der Waals surface area contributed by atoms with Gasteiger partial charge in [0, 0.05) is 0 Å². The summed E-state index contributed by atoms with van der Waals surface area (Å²) in [5, 5.41) is 3.86. The zero-order chi connectivity index (χ0) is 9.26. The smallest absolute Gasteiger partial charge is 0.129 e. The number of halogens is 1. The highest BCUT2D eigenvalue weighted by Gasteiger charge is 2.18. The summed E-state index contributed by atoms with van der Waals surface area (Å²) in [6, 6.07) is 2.28. The van der Waals surface area contributed by atoms with Gasteiger partial charge in [0.05, 0.1) is 31.1 Å². The molecule has 0 spiro atoms. The van der Waals surface area contributed by atoms with E-state index in [9.17, 15) is 0 Å². The molecular formula is C9H11ClN2O. The van der Waals surface area contributed by atoms with Gasteiger partial charge >= 0.3 is 0 Å². The van der Waals surface area contributed by atoms with Crippen LogP contribution in [0.3, 0.4) is 0 Å². The van der Waals surface area contributed by atoms with Crippen LogP contribution in [0.5, 0.6) is 0 Å². The van der Waals surface area contributed by atoms with Crippen LogP contribution in [0.4, 0.5) is 5.69 Å². The third-order valence-electron chi connectivity index (χ3n) is 2.08. The van der Waals surface area contributed by atoms with Gasteiger partial charge in [0.2, 0.25) is 0 Å². The van der Waals surface area contributed by atoms with Crippen LogP contribution in [0, 0.1) is 6.92 Å². The Morgan fingerprint density at radius 1 is 1.62 bits per heavy atom. The zero-order valence-corrected chi connectivity index (χ0v) is 8.14. The lowest BCUT2D eigenvalue weighted by Gasteiger charge is -2.28. The van der Waals surface area contributed by atoms with Crippen LogP contribution in [0.15, 0.2) is 12.3 Å². The Balaban J connectivity index is 2.10. The monoisotopic (exact) mass is 198 g/mol. The topological polar surface area (TPSA) is 34.2 Å². The van der Waals surface area contributed by atoms with E-state index < -0.39 is 0 Å². The highest BCUT2D eigenvalue weighted by Crippen LogP contribution is 2.19. The molecule has 1 saturated heterocycles. The molecule has 0 saturated carbocycles. The van der Waals surface area contributed by atoms with Crippen LogP contribution in [0.2, 0.25) is 5.15 Å². The summed E-state index contributed by atoms with van der Waals surface area (Å²) in [5.41, 5.74) is 2.16. The van der Waals surface area contributed by atoms with Crippen molar-refractivity contribution in [2.24, 2.45) is 0 Å². The fourth-order valence-electron chi connectivity index (χ4n) is 1.21. The van der Waals surface area contributed by atoms with Crippen molar-refractivity contribution in [3.63, 3.8) is 0 Å². The van der Waals surface area contributed by atoms with Crippen LogP contribution in [-0.4, -0.2) is 24.2 Å². The summed E-state index contributed by atoms with van der Waals surface area (Å²) in [6.07, 6.45) is 1.76. The summed E-state index contributed by atoms with van der Waals surface area (Å²) in [4.78, 5) is 4.01. The van der Waals surface area contributed by atoms with Crippen LogP contribution in [0.25, 0.3) is 0 Å². The van der Waals surface area contributed by atoms with Gasteiger partial charge < -0.3 is 10.1 Å². The zero-order valence-electron chi connectivity index (χ0n) is 7.38. The fourth-order valence-corrected chi connectivity index (χ4v) is 1.42. The third kappa shape index (κ3) is 1.92. The third-order valence-corrected chi connectivity index (χ3v) is 2.28. The van der Waals surface area contributed by atoms with E-state index in [2.05, 4.69) is 10.3 Å². The Morgan fingerprint density at radius 2 is 2.38 bits per heavy atom. The van der Waals surface area contributed by atoms with E-state index in [0.717, 1.165) is 24.5 Å². The van der Waals surface area contributed by atoms with Crippen molar-refractivity contribution in [2.45, 2.75) is 13.0 Å². The van der Waals surface area contributed by atoms with Crippen molar-refractivity contribution in [3.8, 4) is 0 Å². The summed E-state index contributed by atoms with van der Waals surface area (Å²) >= 11 is 5.74. The molecule has 4 heteroatoms. The summed E-state index contributed by atoms with van der Waals surface area (Å²) in [7, 11) is 0. The van der Waals surface area contributed by atoms with E-state index in [4.69, 9.17) is 16.3 Å². The largest absolute Gasteiger partial charge is 0.377 e. The van der Waals surface area contributed by atoms with Crippen molar-refractivity contribution >= 4 is 17.3 Å². The molecule has 1 fully saturated rings. The minimum Gasteiger partial charge on any atom is -0.377 e. The molecule has 70 valence electrons. The highest BCUT2D eigenvalue weighted by molar-refractivity contribution is 6.29. The van der Waals surface area contributed by atoms with Gasteiger partial charge in [-0.15, -0.1) is 0 Å². The average molecular weight is 199 g/mol. The Kier molecular flexibility index (Phi) is 2.38. The quantitative estimate of drug-likeness (QED) is 0.737. The molecular weight excluding hydrogens is 188 g/mol. The molecule has 1 aliphatic heterocycles. The van der Waals surface area contributed by atoms with Gasteiger partial charge in [0.25, 0.3) is 0 Å². The highest BCUT2D eigenvalue weighted by atomic mass is 35.5. The van der Waals surface area contributed by atoms with Gasteiger partial charge in [-0.3, -0.25) is 0 Å². The number of aromatic nitrogens is 1. The number of rotatable bonds is 2. The number of ether oxygens (including phenoxy) is 1. The first-order valence-corrected chi connectivity index (χ1v) is 4.60. The number of hydrogen-bond donors (Lipinski definition) is 1. The maximum atomic E-state index is 5.74. The Hall–Kier alpha value is -0.800. The second-order valence-corrected chi connectivity index (χ2v) is 3.59. The first-order valence-electron chi connectivity index (χ1n) is 4.22. The van der Waals surface area contributed by atoms with Crippen LogP contribution >= 0.6 is 11.6 Å². The predicted octanol–water partition coefficient (Wildman–Crippen LogP) is 1.85. The minimum absolute atomic E-state index is 0.432. The van der Waals surface area contributed by atoms with Crippen molar-refractivity contribution < 1.29 is 4.74 Å². The first-order chi connectivity index (χ1) is 6.25. The van der Waals surface area contributed by atoms with Gasteiger partial charge in [-0.05, 0) is 18.6 Å². The molecule has 1 aliphatic rings. The molecule has 0 radical (unpaired) electrons. The molecule has 3 nitrogen and oxygen atoms in total. The summed E-state index contributed by atoms with van der Waals surface area (Å²) in [5.74, 6) is 0. The van der Waals surface area contributed by atoms with E-state index >= 15 is 0 Å². The molecule has 0 aliphatic carbocycles. The predicted molar refractivity (Wildman–Crippen MR) is 52.2 cm³/mol. The number of nitrogens with one attached hydrogen (secondary N) is 1. The number of aryl methyl sites for hydroxylation is 1. The van der Waals surface area contributed by atoms with Crippen molar-refractivity contribution in [1.29, 1.82) is 0 Å². The van der Waals surface area contributed by atoms with Gasteiger partial charge in [-0.2, -0.15) is 0 Å². The fraction of sp³-hybridized carbons (Fsp3) is 0.444. The number of nitrogens with zero attached hydrogens (tertiary/aromatic N) is 1. The van der Waals surface area contributed by atoms with Crippen molar-refractivity contribution in [2.75, 3.05) is 18.5 Å². The molecule has 1 N–H and O–H groups in total.